The molecule has 1 fully saturated rings. The van der Waals surface area contributed by atoms with E-state index in [2.05, 4.69) is 0 Å². The summed E-state index contributed by atoms with van der Waals surface area (Å²) in [6, 6.07) is 0. The largest absolute Gasteiger partial charge is 0.384 e. The number of carbonyl (C=O) groups is 1. The molecule has 0 aromatic rings. The summed E-state index contributed by atoms with van der Waals surface area (Å²) in [7, 11) is 0. The Morgan fingerprint density at radius 1 is 1.56 bits per heavy atom. The number of nitrogens with one attached hydrogen (secondary N) is 1. The highest BCUT2D eigenvalue weighted by Gasteiger charge is 2.41. The van der Waals surface area contributed by atoms with Gasteiger partial charge in [-0.15, -0.1) is 0 Å². The first kappa shape index (κ1) is 6.41. The lowest BCUT2D eigenvalue weighted by Gasteiger charge is -2.01. The third kappa shape index (κ3) is 0.873. The molecular weight excluding hydrogens is 132 g/mol. The molecule has 0 spiro atoms. The van der Waals surface area contributed by atoms with E-state index < -0.39 is 24.5 Å². The minimum Gasteiger partial charge on any atom is -0.384 e. The van der Waals surface area contributed by atoms with Crippen molar-refractivity contribution in [3.05, 3.63) is 0 Å². The summed E-state index contributed by atoms with van der Waals surface area (Å²) in [5.74, 6) is -1.09. The molecule has 0 saturated carbocycles. The van der Waals surface area contributed by atoms with Crippen LogP contribution in [0, 0.1) is 0 Å². The molecule has 0 bridgehead atoms. The molecule has 52 valence electrons. The number of halogens is 2. The van der Waals surface area contributed by atoms with Gasteiger partial charge in [0.25, 0.3) is 5.91 Å². The fraction of sp³-hybridized carbons (Fsp3) is 0.750. The summed E-state index contributed by atoms with van der Waals surface area (Å²) >= 11 is 0. The minimum atomic E-state index is -2.11. The molecule has 0 radical (unpaired) electrons. The topological polar surface area (TPSA) is 49.3 Å². The lowest BCUT2D eigenvalue weighted by molar-refractivity contribution is -0.124. The molecular formula is C4H5F2NO2. The van der Waals surface area contributed by atoms with Crippen molar-refractivity contribution < 1.29 is 18.7 Å². The molecule has 0 aliphatic carbocycles. The summed E-state index contributed by atoms with van der Waals surface area (Å²) in [6.45, 7) is 0. The van der Waals surface area contributed by atoms with E-state index in [1.54, 1.807) is 5.32 Å². The highest BCUT2D eigenvalue weighted by atomic mass is 19.2. The van der Waals surface area contributed by atoms with Crippen molar-refractivity contribution >= 4 is 5.91 Å². The van der Waals surface area contributed by atoms with E-state index >= 15 is 0 Å². The summed E-state index contributed by atoms with van der Waals surface area (Å²) in [5.41, 5.74) is 0. The fourth-order valence-corrected chi connectivity index (χ4v) is 0.604. The number of aliphatic hydroxyl groups is 1. The summed E-state index contributed by atoms with van der Waals surface area (Å²) in [6.07, 6.45) is -5.90. The average Bonchev–Trinajstić information content (AvgIpc) is 1.98. The predicted octanol–water partition coefficient (Wildman–Crippen LogP) is -0.889. The molecule has 3 nitrogen and oxygen atoms in total. The van der Waals surface area contributed by atoms with Crippen LogP contribution in [0.2, 0.25) is 0 Å². The summed E-state index contributed by atoms with van der Waals surface area (Å²) in [5, 5.41) is 9.99. The predicted molar refractivity (Wildman–Crippen MR) is 23.9 cm³/mol. The Balaban J connectivity index is 2.65. The van der Waals surface area contributed by atoms with Crippen LogP contribution in [0.5, 0.6) is 0 Å². The zero-order valence-corrected chi connectivity index (χ0v) is 4.34. The van der Waals surface area contributed by atoms with Crippen LogP contribution in [0.15, 0.2) is 0 Å². The molecule has 9 heavy (non-hydrogen) atoms. The first-order chi connectivity index (χ1) is 4.13. The van der Waals surface area contributed by atoms with E-state index in [-0.39, 0.29) is 0 Å². The van der Waals surface area contributed by atoms with Gasteiger partial charge in [0.2, 0.25) is 12.5 Å². The van der Waals surface area contributed by atoms with Gasteiger partial charge in [-0.05, 0) is 0 Å². The zero-order valence-electron chi connectivity index (χ0n) is 4.34. The van der Waals surface area contributed by atoms with E-state index in [0.29, 0.717) is 0 Å². The molecule has 5 heteroatoms. The number of aliphatic hydroxyl groups excluding tert-OH is 1. The van der Waals surface area contributed by atoms with Crippen molar-refractivity contribution in [1.82, 2.24) is 5.32 Å². The van der Waals surface area contributed by atoms with Crippen LogP contribution < -0.4 is 5.32 Å². The van der Waals surface area contributed by atoms with Gasteiger partial charge >= 0.3 is 0 Å². The van der Waals surface area contributed by atoms with E-state index in [1.807, 2.05) is 0 Å². The van der Waals surface area contributed by atoms with Crippen LogP contribution in [-0.4, -0.2) is 29.6 Å². The quantitative estimate of drug-likeness (QED) is 0.425. The van der Waals surface area contributed by atoms with Gasteiger partial charge in [0.1, 0.15) is 6.10 Å². The lowest BCUT2D eigenvalue weighted by atomic mass is 10.3. The molecule has 1 rings (SSSR count). The number of rotatable bonds is 0. The number of hydrogen-bond acceptors (Lipinski definition) is 2. The van der Waals surface area contributed by atoms with Gasteiger partial charge < -0.3 is 10.4 Å². The van der Waals surface area contributed by atoms with Gasteiger partial charge in [-0.3, -0.25) is 4.79 Å². The van der Waals surface area contributed by atoms with Crippen molar-refractivity contribution in [2.75, 3.05) is 0 Å². The molecule has 0 aromatic carbocycles. The first-order valence-corrected chi connectivity index (χ1v) is 2.39. The van der Waals surface area contributed by atoms with Crippen LogP contribution in [0.3, 0.4) is 0 Å². The standard InChI is InChI=1S/C4H5F2NO2/c5-1-2(8)3(6)7-4(1)9/h1-3,8H,(H,7,9). The smallest absolute Gasteiger partial charge is 0.259 e. The zero-order chi connectivity index (χ0) is 7.02. The molecule has 3 unspecified atom stereocenters. The van der Waals surface area contributed by atoms with Gasteiger partial charge in [0.05, 0.1) is 0 Å². The van der Waals surface area contributed by atoms with Crippen LogP contribution in [-0.2, 0) is 4.79 Å². The molecule has 1 saturated heterocycles. The molecule has 0 aromatic heterocycles. The Hall–Kier alpha value is -0.710. The fourth-order valence-electron chi connectivity index (χ4n) is 0.604. The molecule has 1 amide bonds. The number of carbonyl (C=O) groups excluding carboxylic acids is 1. The second kappa shape index (κ2) is 1.91. The summed E-state index contributed by atoms with van der Waals surface area (Å²) in [4.78, 5) is 10.1. The van der Waals surface area contributed by atoms with Crippen LogP contribution >= 0.6 is 0 Å². The SMILES string of the molecule is O=C1NC(F)C(O)C1F. The normalized spacial score (nSPS) is 43.0. The van der Waals surface area contributed by atoms with Crippen LogP contribution in [0.1, 0.15) is 0 Å². The second-order valence-corrected chi connectivity index (χ2v) is 1.80. The minimum absolute atomic E-state index is 1.09. The number of amides is 1. The van der Waals surface area contributed by atoms with E-state index in [1.165, 1.54) is 0 Å². The maximum Gasteiger partial charge on any atom is 0.259 e. The van der Waals surface area contributed by atoms with Crippen molar-refractivity contribution in [1.29, 1.82) is 0 Å². The van der Waals surface area contributed by atoms with Gasteiger partial charge in [-0.1, -0.05) is 0 Å². The Bertz CT molecular complexity index is 141. The van der Waals surface area contributed by atoms with Gasteiger partial charge in [-0.25, -0.2) is 8.78 Å². The average molecular weight is 137 g/mol. The first-order valence-electron chi connectivity index (χ1n) is 2.39. The maximum absolute atomic E-state index is 12.1. The van der Waals surface area contributed by atoms with Crippen molar-refractivity contribution in [2.45, 2.75) is 18.6 Å². The van der Waals surface area contributed by atoms with Crippen molar-refractivity contribution in [2.24, 2.45) is 0 Å². The highest BCUT2D eigenvalue weighted by Crippen LogP contribution is 2.12. The van der Waals surface area contributed by atoms with Gasteiger partial charge in [-0.2, -0.15) is 0 Å². The monoisotopic (exact) mass is 137 g/mol. The van der Waals surface area contributed by atoms with E-state index in [9.17, 15) is 13.6 Å². The van der Waals surface area contributed by atoms with Gasteiger partial charge in [0, 0.05) is 0 Å². The summed E-state index contributed by atoms with van der Waals surface area (Å²) < 4.78 is 24.1. The lowest BCUT2D eigenvalue weighted by Crippen LogP contribution is -2.26. The Morgan fingerprint density at radius 2 is 2.11 bits per heavy atom. The third-order valence-corrected chi connectivity index (χ3v) is 1.13. The Labute approximate surface area is 49.7 Å². The van der Waals surface area contributed by atoms with Crippen molar-refractivity contribution in [3.63, 3.8) is 0 Å². The molecule has 3 atom stereocenters. The van der Waals surface area contributed by atoms with Crippen LogP contribution in [0.4, 0.5) is 8.78 Å². The van der Waals surface area contributed by atoms with E-state index in [0.717, 1.165) is 0 Å². The van der Waals surface area contributed by atoms with E-state index in [4.69, 9.17) is 5.11 Å². The van der Waals surface area contributed by atoms with Gasteiger partial charge in [0.15, 0.2) is 0 Å². The molecule has 1 aliphatic rings. The Kier molecular flexibility index (Phi) is 1.36. The number of alkyl halides is 2. The maximum atomic E-state index is 12.1. The Morgan fingerprint density at radius 3 is 2.22 bits per heavy atom. The molecule has 2 N–H and O–H groups in total. The number of hydrogen-bond donors (Lipinski definition) is 2. The molecule has 1 heterocycles. The molecule has 1 aliphatic heterocycles. The van der Waals surface area contributed by atoms with Crippen LogP contribution in [0.25, 0.3) is 0 Å². The highest BCUT2D eigenvalue weighted by molar-refractivity contribution is 5.84. The second-order valence-electron chi connectivity index (χ2n) is 1.80. The third-order valence-electron chi connectivity index (χ3n) is 1.13. The van der Waals surface area contributed by atoms with Crippen molar-refractivity contribution in [3.8, 4) is 0 Å².